The highest BCUT2D eigenvalue weighted by Crippen LogP contribution is 2.18. The second-order valence-corrected chi connectivity index (χ2v) is 5.34. The maximum atomic E-state index is 13.4. The summed E-state index contributed by atoms with van der Waals surface area (Å²) in [5.41, 5.74) is 1.97. The van der Waals surface area contributed by atoms with E-state index >= 15 is 0 Å². The summed E-state index contributed by atoms with van der Waals surface area (Å²) >= 11 is 0. The van der Waals surface area contributed by atoms with E-state index in [1.807, 2.05) is 18.2 Å². The SMILES string of the molecule is Cc1ccc(NC(=O)COC(=O)c2c[nH]c3ccccc23)cc1F. The topological polar surface area (TPSA) is 71.2 Å². The lowest BCUT2D eigenvalue weighted by Gasteiger charge is -2.07. The third-order valence-electron chi connectivity index (χ3n) is 3.60. The van der Waals surface area contributed by atoms with Gasteiger partial charge in [-0.2, -0.15) is 0 Å². The van der Waals surface area contributed by atoms with Gasteiger partial charge in [0.25, 0.3) is 5.91 Å². The van der Waals surface area contributed by atoms with Gasteiger partial charge in [-0.15, -0.1) is 0 Å². The molecule has 0 radical (unpaired) electrons. The van der Waals surface area contributed by atoms with Crippen molar-refractivity contribution in [1.29, 1.82) is 0 Å². The molecule has 0 spiro atoms. The molecule has 0 aliphatic carbocycles. The number of aromatic nitrogens is 1. The number of rotatable bonds is 4. The Morgan fingerprint density at radius 1 is 1.21 bits per heavy atom. The van der Waals surface area contributed by atoms with E-state index in [2.05, 4.69) is 10.3 Å². The third-order valence-corrected chi connectivity index (χ3v) is 3.60. The molecule has 0 saturated heterocycles. The van der Waals surface area contributed by atoms with E-state index < -0.39 is 24.3 Å². The number of amides is 1. The van der Waals surface area contributed by atoms with Gasteiger partial charge in [0.15, 0.2) is 6.61 Å². The summed E-state index contributed by atoms with van der Waals surface area (Å²) in [7, 11) is 0. The van der Waals surface area contributed by atoms with Gasteiger partial charge in [0, 0.05) is 22.8 Å². The van der Waals surface area contributed by atoms with E-state index in [0.717, 1.165) is 10.9 Å². The Morgan fingerprint density at radius 3 is 2.79 bits per heavy atom. The van der Waals surface area contributed by atoms with Gasteiger partial charge in [-0.3, -0.25) is 4.79 Å². The molecule has 1 heterocycles. The average molecular weight is 326 g/mol. The van der Waals surface area contributed by atoms with Crippen LogP contribution in [0.4, 0.5) is 10.1 Å². The molecule has 3 aromatic rings. The standard InChI is InChI=1S/C18H15FN2O3/c1-11-6-7-12(8-15(11)19)21-17(22)10-24-18(23)14-9-20-16-5-3-2-4-13(14)16/h2-9,20H,10H2,1H3,(H,21,22). The molecule has 2 N–H and O–H groups in total. The molecule has 24 heavy (non-hydrogen) atoms. The van der Waals surface area contributed by atoms with Crippen LogP contribution in [0.25, 0.3) is 10.9 Å². The van der Waals surface area contributed by atoms with E-state index in [0.29, 0.717) is 16.8 Å². The van der Waals surface area contributed by atoms with E-state index in [9.17, 15) is 14.0 Å². The van der Waals surface area contributed by atoms with Crippen molar-refractivity contribution in [3.63, 3.8) is 0 Å². The molecule has 0 unspecified atom stereocenters. The normalized spacial score (nSPS) is 10.6. The zero-order valence-corrected chi connectivity index (χ0v) is 12.9. The Bertz CT molecular complexity index is 918. The lowest BCUT2D eigenvalue weighted by atomic mass is 10.2. The minimum absolute atomic E-state index is 0.311. The van der Waals surface area contributed by atoms with Crippen molar-refractivity contribution in [1.82, 2.24) is 4.98 Å². The van der Waals surface area contributed by atoms with Gasteiger partial charge >= 0.3 is 5.97 Å². The Morgan fingerprint density at radius 2 is 2.00 bits per heavy atom. The number of carbonyl (C=O) groups excluding carboxylic acids is 2. The Labute approximate surface area is 137 Å². The first-order chi connectivity index (χ1) is 11.5. The van der Waals surface area contributed by atoms with Crippen molar-refractivity contribution in [3.8, 4) is 0 Å². The van der Waals surface area contributed by atoms with Gasteiger partial charge in [-0.25, -0.2) is 9.18 Å². The van der Waals surface area contributed by atoms with E-state index in [1.54, 1.807) is 31.3 Å². The summed E-state index contributed by atoms with van der Waals surface area (Å²) < 4.78 is 18.5. The van der Waals surface area contributed by atoms with Crippen LogP contribution in [0, 0.1) is 12.7 Å². The Balaban J connectivity index is 1.61. The van der Waals surface area contributed by atoms with Crippen LogP contribution in [-0.4, -0.2) is 23.5 Å². The number of fused-ring (bicyclic) bond motifs is 1. The summed E-state index contributed by atoms with van der Waals surface area (Å²) in [4.78, 5) is 26.9. The van der Waals surface area contributed by atoms with Gasteiger partial charge in [-0.05, 0) is 30.7 Å². The van der Waals surface area contributed by atoms with Crippen LogP contribution < -0.4 is 5.32 Å². The van der Waals surface area contributed by atoms with Crippen molar-refractivity contribution in [2.45, 2.75) is 6.92 Å². The molecule has 0 aliphatic heterocycles. The van der Waals surface area contributed by atoms with Crippen LogP contribution in [0.15, 0.2) is 48.7 Å². The maximum Gasteiger partial charge on any atom is 0.340 e. The number of hydrogen-bond acceptors (Lipinski definition) is 3. The van der Waals surface area contributed by atoms with Crippen LogP contribution in [0.3, 0.4) is 0 Å². The summed E-state index contributed by atoms with van der Waals surface area (Å²) in [5, 5.41) is 3.21. The van der Waals surface area contributed by atoms with Gasteiger partial charge in [-0.1, -0.05) is 24.3 Å². The number of carbonyl (C=O) groups is 2. The van der Waals surface area contributed by atoms with Crippen LogP contribution >= 0.6 is 0 Å². The van der Waals surface area contributed by atoms with Crippen LogP contribution in [-0.2, 0) is 9.53 Å². The van der Waals surface area contributed by atoms with Crippen LogP contribution in [0.1, 0.15) is 15.9 Å². The van der Waals surface area contributed by atoms with Crippen LogP contribution in [0.5, 0.6) is 0 Å². The minimum Gasteiger partial charge on any atom is -0.452 e. The molecule has 122 valence electrons. The summed E-state index contributed by atoms with van der Waals surface area (Å²) in [5.74, 6) is -1.55. The molecule has 0 bridgehead atoms. The zero-order valence-electron chi connectivity index (χ0n) is 12.9. The molecule has 0 atom stereocenters. The molecule has 0 saturated carbocycles. The first kappa shape index (κ1) is 15.7. The highest BCUT2D eigenvalue weighted by atomic mass is 19.1. The van der Waals surface area contributed by atoms with Crippen molar-refractivity contribution in [3.05, 3.63) is 65.6 Å². The lowest BCUT2D eigenvalue weighted by molar-refractivity contribution is -0.119. The average Bonchev–Trinajstić information content (AvgIpc) is 3.00. The minimum atomic E-state index is -0.599. The highest BCUT2D eigenvalue weighted by Gasteiger charge is 2.15. The number of aromatic amines is 1. The number of halogens is 1. The summed E-state index contributed by atoms with van der Waals surface area (Å²) in [6.45, 7) is 1.18. The van der Waals surface area contributed by atoms with Crippen LogP contribution in [0.2, 0.25) is 0 Å². The molecular weight excluding hydrogens is 311 g/mol. The molecule has 2 aromatic carbocycles. The predicted octanol–water partition coefficient (Wildman–Crippen LogP) is 3.41. The predicted molar refractivity (Wildman–Crippen MR) is 88.3 cm³/mol. The number of aryl methyl sites for hydroxylation is 1. The Hall–Kier alpha value is -3.15. The largest absolute Gasteiger partial charge is 0.452 e. The fourth-order valence-corrected chi connectivity index (χ4v) is 2.32. The number of esters is 1. The molecule has 6 heteroatoms. The van der Waals surface area contributed by atoms with Crippen molar-refractivity contribution in [2.75, 3.05) is 11.9 Å². The van der Waals surface area contributed by atoms with Gasteiger partial charge in [0.05, 0.1) is 5.56 Å². The molecule has 3 rings (SSSR count). The first-order valence-corrected chi connectivity index (χ1v) is 7.34. The van der Waals surface area contributed by atoms with E-state index in [4.69, 9.17) is 4.74 Å². The lowest BCUT2D eigenvalue weighted by Crippen LogP contribution is -2.21. The van der Waals surface area contributed by atoms with Gasteiger partial charge < -0.3 is 15.0 Å². The molecule has 1 amide bonds. The second kappa shape index (κ2) is 6.54. The molecular formula is C18H15FN2O3. The number of H-pyrrole nitrogens is 1. The number of benzene rings is 2. The molecule has 5 nitrogen and oxygen atoms in total. The molecule has 0 aliphatic rings. The van der Waals surface area contributed by atoms with Gasteiger partial charge in [0.1, 0.15) is 5.82 Å². The second-order valence-electron chi connectivity index (χ2n) is 5.34. The number of anilines is 1. The highest BCUT2D eigenvalue weighted by molar-refractivity contribution is 6.05. The van der Waals surface area contributed by atoms with Crippen molar-refractivity contribution in [2.24, 2.45) is 0 Å². The summed E-state index contributed by atoms with van der Waals surface area (Å²) in [6, 6.07) is 11.6. The van der Waals surface area contributed by atoms with E-state index in [-0.39, 0.29) is 0 Å². The van der Waals surface area contributed by atoms with Crippen molar-refractivity contribution < 1.29 is 18.7 Å². The quantitative estimate of drug-likeness (QED) is 0.722. The first-order valence-electron chi connectivity index (χ1n) is 7.34. The molecule has 0 fully saturated rings. The number of hydrogen-bond donors (Lipinski definition) is 2. The maximum absolute atomic E-state index is 13.4. The zero-order chi connectivity index (χ0) is 17.1. The van der Waals surface area contributed by atoms with Crippen molar-refractivity contribution >= 4 is 28.5 Å². The smallest absolute Gasteiger partial charge is 0.340 e. The fourth-order valence-electron chi connectivity index (χ4n) is 2.32. The molecule has 1 aromatic heterocycles. The Kier molecular flexibility index (Phi) is 4.29. The fraction of sp³-hybridized carbons (Fsp3) is 0.111. The number of nitrogens with one attached hydrogen (secondary N) is 2. The number of ether oxygens (including phenoxy) is 1. The number of para-hydroxylation sites is 1. The van der Waals surface area contributed by atoms with E-state index in [1.165, 1.54) is 6.07 Å². The van der Waals surface area contributed by atoms with Gasteiger partial charge in [0.2, 0.25) is 0 Å². The third kappa shape index (κ3) is 3.27. The monoisotopic (exact) mass is 326 g/mol. The summed E-state index contributed by atoms with van der Waals surface area (Å²) in [6.07, 6.45) is 1.54.